The van der Waals surface area contributed by atoms with Crippen molar-refractivity contribution in [2.45, 2.75) is 18.6 Å². The number of β-amino-alcohol motifs (C(OH)–C–C–N with tert-alkyl or cyclic N) is 1. The molecular weight excluding hydrogens is 303 g/mol. The molecule has 1 unspecified atom stereocenters. The highest BCUT2D eigenvalue weighted by atomic mass is 19.1. The summed E-state index contributed by atoms with van der Waals surface area (Å²) < 4.78 is 20.5. The highest BCUT2D eigenvalue weighted by Crippen LogP contribution is 2.26. The molecule has 8 heteroatoms. The molecule has 3 rings (SSSR count). The molecule has 1 atom stereocenters. The third kappa shape index (κ3) is 3.16. The van der Waals surface area contributed by atoms with Gasteiger partial charge in [-0.05, 0) is 18.6 Å². The van der Waals surface area contributed by atoms with Crippen molar-refractivity contribution in [1.82, 2.24) is 19.9 Å². The number of aromatic nitrogens is 3. The Hall–Kier alpha value is -2.48. The molecule has 1 aromatic heterocycles. The first-order valence-electron chi connectivity index (χ1n) is 7.20. The zero-order valence-electron chi connectivity index (χ0n) is 12.6. The quantitative estimate of drug-likeness (QED) is 0.897. The Balaban J connectivity index is 1.72. The lowest BCUT2D eigenvalue weighted by Gasteiger charge is -2.23. The molecule has 2 aromatic rings. The molecule has 1 fully saturated rings. The second-order valence-corrected chi connectivity index (χ2v) is 5.65. The summed E-state index contributed by atoms with van der Waals surface area (Å²) >= 11 is 0. The second kappa shape index (κ2) is 5.96. The zero-order chi connectivity index (χ0) is 16.4. The number of carbonyl (C=O) groups excluding carboxylic acids is 1. The van der Waals surface area contributed by atoms with Crippen LogP contribution in [-0.4, -0.2) is 56.7 Å². The van der Waals surface area contributed by atoms with E-state index in [1.807, 2.05) is 0 Å². The first-order valence-corrected chi connectivity index (χ1v) is 7.20. The SMILES string of the molecule is COc1ccc(C(=O)N2CCC(O)(Cn3ccnn3)C2)c(F)c1. The minimum Gasteiger partial charge on any atom is -0.497 e. The average Bonchev–Trinajstić information content (AvgIpc) is 3.16. The van der Waals surface area contributed by atoms with Gasteiger partial charge in [-0.1, -0.05) is 5.21 Å². The number of hydrogen-bond acceptors (Lipinski definition) is 5. The Labute approximate surface area is 132 Å². The number of halogens is 1. The molecule has 0 saturated carbocycles. The van der Waals surface area contributed by atoms with Crippen molar-refractivity contribution in [2.24, 2.45) is 0 Å². The predicted octanol–water partition coefficient (Wildman–Crippen LogP) is 0.703. The highest BCUT2D eigenvalue weighted by Gasteiger charge is 2.39. The van der Waals surface area contributed by atoms with Crippen molar-refractivity contribution in [3.63, 3.8) is 0 Å². The molecule has 1 N–H and O–H groups in total. The molecule has 23 heavy (non-hydrogen) atoms. The highest BCUT2D eigenvalue weighted by molar-refractivity contribution is 5.94. The van der Waals surface area contributed by atoms with Gasteiger partial charge in [-0.15, -0.1) is 5.10 Å². The van der Waals surface area contributed by atoms with Gasteiger partial charge in [0.25, 0.3) is 5.91 Å². The lowest BCUT2D eigenvalue weighted by molar-refractivity contribution is 0.0266. The molecule has 1 amide bonds. The van der Waals surface area contributed by atoms with Gasteiger partial charge in [0.05, 0.1) is 32.0 Å². The molecule has 0 spiro atoms. The first-order chi connectivity index (χ1) is 11.0. The number of likely N-dealkylation sites (tertiary alicyclic amines) is 1. The van der Waals surface area contributed by atoms with E-state index in [1.165, 1.54) is 41.1 Å². The van der Waals surface area contributed by atoms with Crippen molar-refractivity contribution >= 4 is 5.91 Å². The minimum atomic E-state index is -1.09. The van der Waals surface area contributed by atoms with Crippen LogP contribution >= 0.6 is 0 Å². The van der Waals surface area contributed by atoms with Gasteiger partial charge in [0, 0.05) is 18.8 Å². The summed E-state index contributed by atoms with van der Waals surface area (Å²) in [6.07, 6.45) is 3.57. The number of carbonyl (C=O) groups is 1. The Kier molecular flexibility index (Phi) is 3.99. The molecule has 122 valence electrons. The number of nitrogens with zero attached hydrogens (tertiary/aromatic N) is 4. The standard InChI is InChI=1S/C15H17FN4O3/c1-23-11-2-3-12(13(16)8-11)14(21)19-6-4-15(22,9-19)10-20-7-5-17-18-20/h2-3,5,7-8,22H,4,6,9-10H2,1H3. The van der Waals surface area contributed by atoms with Crippen LogP contribution < -0.4 is 4.74 Å². The van der Waals surface area contributed by atoms with Gasteiger partial charge < -0.3 is 14.7 Å². The van der Waals surface area contributed by atoms with Crippen LogP contribution in [0, 0.1) is 5.82 Å². The number of rotatable bonds is 4. The fourth-order valence-electron chi connectivity index (χ4n) is 2.74. The van der Waals surface area contributed by atoms with Gasteiger partial charge in [-0.25, -0.2) is 9.07 Å². The van der Waals surface area contributed by atoms with Gasteiger partial charge in [0.15, 0.2) is 0 Å². The van der Waals surface area contributed by atoms with Crippen LogP contribution in [0.4, 0.5) is 4.39 Å². The summed E-state index contributed by atoms with van der Waals surface area (Å²) in [6, 6.07) is 4.10. The van der Waals surface area contributed by atoms with Crippen molar-refractivity contribution < 1.29 is 19.0 Å². The molecule has 1 saturated heterocycles. The van der Waals surface area contributed by atoms with Crippen molar-refractivity contribution in [3.8, 4) is 5.75 Å². The van der Waals surface area contributed by atoms with E-state index in [1.54, 1.807) is 6.20 Å². The van der Waals surface area contributed by atoms with Crippen LogP contribution in [0.1, 0.15) is 16.8 Å². The summed E-state index contributed by atoms with van der Waals surface area (Å²) in [7, 11) is 1.43. The van der Waals surface area contributed by atoms with E-state index >= 15 is 0 Å². The summed E-state index contributed by atoms with van der Waals surface area (Å²) in [5, 5.41) is 18.1. The monoisotopic (exact) mass is 320 g/mol. The Bertz CT molecular complexity index is 707. The largest absolute Gasteiger partial charge is 0.497 e. The minimum absolute atomic E-state index is 0.0317. The van der Waals surface area contributed by atoms with E-state index in [2.05, 4.69) is 10.3 Å². The number of amides is 1. The second-order valence-electron chi connectivity index (χ2n) is 5.65. The van der Waals surface area contributed by atoms with E-state index in [0.717, 1.165) is 0 Å². The van der Waals surface area contributed by atoms with Gasteiger partial charge in [0.2, 0.25) is 0 Å². The molecule has 1 aliphatic rings. The first kappa shape index (κ1) is 15.4. The Morgan fingerprint density at radius 1 is 1.52 bits per heavy atom. The molecule has 1 aromatic carbocycles. The fourth-order valence-corrected chi connectivity index (χ4v) is 2.74. The summed E-state index contributed by atoms with van der Waals surface area (Å²) in [4.78, 5) is 13.9. The number of methoxy groups -OCH3 is 1. The van der Waals surface area contributed by atoms with Gasteiger partial charge in [-0.2, -0.15) is 0 Å². The number of aliphatic hydroxyl groups is 1. The van der Waals surface area contributed by atoms with E-state index in [4.69, 9.17) is 4.74 Å². The molecule has 0 radical (unpaired) electrons. The van der Waals surface area contributed by atoms with Crippen LogP contribution in [0.2, 0.25) is 0 Å². The predicted molar refractivity (Wildman–Crippen MR) is 78.4 cm³/mol. The van der Waals surface area contributed by atoms with E-state index < -0.39 is 17.3 Å². The maximum atomic E-state index is 14.0. The molecule has 0 bridgehead atoms. The van der Waals surface area contributed by atoms with Crippen LogP contribution in [-0.2, 0) is 6.54 Å². The third-order valence-corrected chi connectivity index (χ3v) is 3.95. The fraction of sp³-hybridized carbons (Fsp3) is 0.400. The number of ether oxygens (including phenoxy) is 1. The van der Waals surface area contributed by atoms with Crippen LogP contribution in [0.5, 0.6) is 5.75 Å². The molecular formula is C15H17FN4O3. The van der Waals surface area contributed by atoms with Crippen LogP contribution in [0.15, 0.2) is 30.6 Å². The van der Waals surface area contributed by atoms with E-state index in [9.17, 15) is 14.3 Å². The third-order valence-electron chi connectivity index (χ3n) is 3.95. The average molecular weight is 320 g/mol. The van der Waals surface area contributed by atoms with E-state index in [0.29, 0.717) is 18.7 Å². The summed E-state index contributed by atoms with van der Waals surface area (Å²) in [6.45, 7) is 0.717. The smallest absolute Gasteiger partial charge is 0.256 e. The van der Waals surface area contributed by atoms with Crippen molar-refractivity contribution in [3.05, 3.63) is 42.0 Å². The van der Waals surface area contributed by atoms with E-state index in [-0.39, 0.29) is 18.7 Å². The molecule has 0 aliphatic carbocycles. The van der Waals surface area contributed by atoms with Crippen LogP contribution in [0.3, 0.4) is 0 Å². The topological polar surface area (TPSA) is 80.5 Å². The van der Waals surface area contributed by atoms with Crippen molar-refractivity contribution in [2.75, 3.05) is 20.2 Å². The van der Waals surface area contributed by atoms with Gasteiger partial charge in [-0.3, -0.25) is 4.79 Å². The van der Waals surface area contributed by atoms with Gasteiger partial charge >= 0.3 is 0 Å². The van der Waals surface area contributed by atoms with Gasteiger partial charge in [0.1, 0.15) is 17.2 Å². The lowest BCUT2D eigenvalue weighted by Crippen LogP contribution is -2.39. The summed E-state index contributed by atoms with van der Waals surface area (Å²) in [5.41, 5.74) is -1.12. The Morgan fingerprint density at radius 3 is 3.00 bits per heavy atom. The van der Waals surface area contributed by atoms with Crippen molar-refractivity contribution in [1.29, 1.82) is 0 Å². The maximum Gasteiger partial charge on any atom is 0.256 e. The van der Waals surface area contributed by atoms with Crippen LogP contribution in [0.25, 0.3) is 0 Å². The lowest BCUT2D eigenvalue weighted by atomic mass is 10.0. The Morgan fingerprint density at radius 2 is 2.35 bits per heavy atom. The zero-order valence-corrected chi connectivity index (χ0v) is 12.6. The molecule has 7 nitrogen and oxygen atoms in total. The molecule has 1 aliphatic heterocycles. The maximum absolute atomic E-state index is 14.0. The summed E-state index contributed by atoms with van der Waals surface area (Å²) in [5.74, 6) is -0.733. The number of hydrogen-bond donors (Lipinski definition) is 1. The number of benzene rings is 1. The normalized spacial score (nSPS) is 20.7. The molecule has 2 heterocycles.